The largest absolute Gasteiger partial charge is 0.329 e. The average molecular weight is 315 g/mol. The number of hydrogen-bond donors (Lipinski definition) is 1. The van der Waals surface area contributed by atoms with Gasteiger partial charge in [0.15, 0.2) is 5.78 Å². The van der Waals surface area contributed by atoms with Crippen molar-refractivity contribution in [1.82, 2.24) is 14.5 Å². The Hall–Kier alpha value is -2.24. The molecule has 0 amide bonds. The maximum Gasteiger partial charge on any atom is 0.329 e. The van der Waals surface area contributed by atoms with Crippen LogP contribution in [0.5, 0.6) is 0 Å². The lowest BCUT2D eigenvalue weighted by molar-refractivity contribution is 0.0953. The molecule has 0 saturated carbocycles. The van der Waals surface area contributed by atoms with Crippen molar-refractivity contribution in [3.8, 4) is 0 Å². The van der Waals surface area contributed by atoms with E-state index in [2.05, 4.69) is 23.8 Å². The van der Waals surface area contributed by atoms with Crippen molar-refractivity contribution in [2.45, 2.75) is 46.6 Å². The summed E-state index contributed by atoms with van der Waals surface area (Å²) >= 11 is 0. The number of hydrogen-bond acceptors (Lipinski definition) is 4. The molecule has 1 N–H and O–H groups in total. The molecule has 0 unspecified atom stereocenters. The number of carbonyl (C=O) groups is 1. The van der Waals surface area contributed by atoms with E-state index in [1.165, 1.54) is 10.8 Å². The Morgan fingerprint density at radius 3 is 2.74 bits per heavy atom. The van der Waals surface area contributed by atoms with Gasteiger partial charge in [-0.3, -0.25) is 19.1 Å². The fraction of sp³-hybridized carbons (Fsp3) is 0.529. The lowest BCUT2D eigenvalue weighted by Crippen LogP contribution is -2.33. The van der Waals surface area contributed by atoms with Crippen molar-refractivity contribution in [1.29, 1.82) is 0 Å². The van der Waals surface area contributed by atoms with Gasteiger partial charge in [0.1, 0.15) is 5.65 Å². The summed E-state index contributed by atoms with van der Waals surface area (Å²) in [5.41, 5.74) is 0.760. The molecule has 23 heavy (non-hydrogen) atoms. The SMILES string of the molecule is CC(C)CCn1c(=O)[nH]c(=O)c2c3c(cnc21)C(=O)C[C@@H](C)C3. The zero-order valence-corrected chi connectivity index (χ0v) is 13.7. The van der Waals surface area contributed by atoms with E-state index in [4.69, 9.17) is 0 Å². The number of ketones is 1. The van der Waals surface area contributed by atoms with E-state index in [1.807, 2.05) is 6.92 Å². The molecular formula is C17H21N3O3. The second-order valence-electron chi connectivity index (χ2n) is 6.88. The molecule has 1 aliphatic rings. The molecular weight excluding hydrogens is 294 g/mol. The number of Topliss-reactive ketones (excluding diaryl/α,β-unsaturated/α-hetero) is 1. The Morgan fingerprint density at radius 2 is 2.04 bits per heavy atom. The van der Waals surface area contributed by atoms with Gasteiger partial charge in [-0.2, -0.15) is 0 Å². The van der Waals surface area contributed by atoms with Crippen molar-refractivity contribution in [2.75, 3.05) is 0 Å². The minimum absolute atomic E-state index is 0.0208. The maximum atomic E-state index is 12.4. The minimum Gasteiger partial charge on any atom is -0.294 e. The molecule has 0 spiro atoms. The van der Waals surface area contributed by atoms with E-state index in [1.54, 1.807) is 0 Å². The number of pyridine rings is 1. The maximum absolute atomic E-state index is 12.4. The van der Waals surface area contributed by atoms with Gasteiger partial charge in [0, 0.05) is 24.7 Å². The minimum atomic E-state index is -0.447. The first-order valence-electron chi connectivity index (χ1n) is 8.06. The first kappa shape index (κ1) is 15.6. The topological polar surface area (TPSA) is 84.8 Å². The van der Waals surface area contributed by atoms with Gasteiger partial charge in [-0.1, -0.05) is 20.8 Å². The van der Waals surface area contributed by atoms with Gasteiger partial charge in [-0.15, -0.1) is 0 Å². The van der Waals surface area contributed by atoms with Crippen molar-refractivity contribution < 1.29 is 4.79 Å². The number of nitrogens with zero attached hydrogens (tertiary/aromatic N) is 2. The van der Waals surface area contributed by atoms with Crippen molar-refractivity contribution in [3.63, 3.8) is 0 Å². The number of nitrogens with one attached hydrogen (secondary N) is 1. The summed E-state index contributed by atoms with van der Waals surface area (Å²) in [5, 5.41) is 0.394. The molecule has 0 saturated heterocycles. The predicted molar refractivity (Wildman–Crippen MR) is 87.9 cm³/mol. The van der Waals surface area contributed by atoms with Gasteiger partial charge in [-0.25, -0.2) is 9.78 Å². The van der Waals surface area contributed by atoms with E-state index in [0.717, 1.165) is 12.0 Å². The highest BCUT2D eigenvalue weighted by atomic mass is 16.2. The fourth-order valence-electron chi connectivity index (χ4n) is 3.20. The van der Waals surface area contributed by atoms with Gasteiger partial charge in [0.05, 0.1) is 5.39 Å². The summed E-state index contributed by atoms with van der Waals surface area (Å²) < 4.78 is 1.51. The van der Waals surface area contributed by atoms with Gasteiger partial charge in [0.25, 0.3) is 5.56 Å². The Bertz CT molecular complexity index is 892. The highest BCUT2D eigenvalue weighted by Crippen LogP contribution is 2.28. The molecule has 0 bridgehead atoms. The number of carbonyl (C=O) groups excluding carboxylic acids is 1. The number of rotatable bonds is 3. The van der Waals surface area contributed by atoms with Crippen LogP contribution < -0.4 is 11.2 Å². The first-order chi connectivity index (χ1) is 10.9. The highest BCUT2D eigenvalue weighted by molar-refractivity contribution is 6.02. The van der Waals surface area contributed by atoms with Gasteiger partial charge >= 0.3 is 5.69 Å². The van der Waals surface area contributed by atoms with E-state index < -0.39 is 11.2 Å². The van der Waals surface area contributed by atoms with Crippen molar-refractivity contribution in [2.24, 2.45) is 11.8 Å². The molecule has 0 fully saturated rings. The Morgan fingerprint density at radius 1 is 1.30 bits per heavy atom. The predicted octanol–water partition coefficient (Wildman–Crippen LogP) is 1.90. The highest BCUT2D eigenvalue weighted by Gasteiger charge is 2.26. The lowest BCUT2D eigenvalue weighted by Gasteiger charge is -2.21. The molecule has 1 atom stereocenters. The number of aromatic amines is 1. The van der Waals surface area contributed by atoms with Gasteiger partial charge in [-0.05, 0) is 30.2 Å². The molecule has 3 rings (SSSR count). The third kappa shape index (κ3) is 2.73. The molecule has 6 nitrogen and oxygen atoms in total. The summed E-state index contributed by atoms with van der Waals surface area (Å²) in [7, 11) is 0. The molecule has 2 aromatic rings. The van der Waals surface area contributed by atoms with Gasteiger partial charge < -0.3 is 0 Å². The van der Waals surface area contributed by atoms with Gasteiger partial charge in [0.2, 0.25) is 0 Å². The van der Waals surface area contributed by atoms with Crippen LogP contribution in [0.15, 0.2) is 15.8 Å². The van der Waals surface area contributed by atoms with E-state index in [0.29, 0.717) is 41.9 Å². The molecule has 0 radical (unpaired) electrons. The third-order valence-electron chi connectivity index (χ3n) is 4.43. The lowest BCUT2D eigenvalue weighted by atomic mass is 9.84. The van der Waals surface area contributed by atoms with E-state index in [9.17, 15) is 14.4 Å². The third-order valence-corrected chi connectivity index (χ3v) is 4.43. The second kappa shape index (κ2) is 5.76. The monoisotopic (exact) mass is 315 g/mol. The first-order valence-corrected chi connectivity index (χ1v) is 8.06. The van der Waals surface area contributed by atoms with E-state index >= 15 is 0 Å². The number of H-pyrrole nitrogens is 1. The van der Waals surface area contributed by atoms with Crippen LogP contribution in [0.3, 0.4) is 0 Å². The molecule has 2 heterocycles. The summed E-state index contributed by atoms with van der Waals surface area (Å²) in [6, 6.07) is 0. The zero-order valence-electron chi connectivity index (χ0n) is 13.7. The summed E-state index contributed by atoms with van der Waals surface area (Å²) in [6.07, 6.45) is 3.47. The van der Waals surface area contributed by atoms with Crippen molar-refractivity contribution in [3.05, 3.63) is 38.2 Å². The molecule has 2 aromatic heterocycles. The quantitative estimate of drug-likeness (QED) is 0.937. The standard InChI is InChI=1S/C17H21N3O3/c1-9(2)4-5-20-15-14(16(22)19-17(20)23)11-6-10(3)7-13(21)12(11)8-18-15/h8-10H,4-7H2,1-3H3,(H,19,22,23)/t10-/m0/s1. The van der Waals surface area contributed by atoms with Crippen LogP contribution in [0, 0.1) is 11.8 Å². The van der Waals surface area contributed by atoms with Crippen molar-refractivity contribution >= 4 is 16.8 Å². The average Bonchev–Trinajstić information content (AvgIpc) is 2.45. The smallest absolute Gasteiger partial charge is 0.294 e. The van der Waals surface area contributed by atoms with E-state index in [-0.39, 0.29) is 11.7 Å². The van der Waals surface area contributed by atoms with Crippen LogP contribution in [0.1, 0.15) is 49.5 Å². The zero-order chi connectivity index (χ0) is 16.7. The molecule has 0 aromatic carbocycles. The van der Waals surface area contributed by atoms with Crippen LogP contribution in [-0.2, 0) is 13.0 Å². The normalized spacial score (nSPS) is 17.7. The molecule has 122 valence electrons. The second-order valence-corrected chi connectivity index (χ2v) is 6.88. The Labute approximate surface area is 133 Å². The molecule has 1 aliphatic carbocycles. The summed E-state index contributed by atoms with van der Waals surface area (Å²) in [5.74, 6) is 0.645. The number of fused-ring (bicyclic) bond motifs is 3. The fourth-order valence-corrected chi connectivity index (χ4v) is 3.20. The number of aryl methyl sites for hydroxylation is 1. The van der Waals surface area contributed by atoms with Crippen LogP contribution in [-0.4, -0.2) is 20.3 Å². The molecule has 6 heteroatoms. The van der Waals surface area contributed by atoms with Crippen LogP contribution in [0.25, 0.3) is 11.0 Å². The van der Waals surface area contributed by atoms with Crippen LogP contribution in [0.2, 0.25) is 0 Å². The van der Waals surface area contributed by atoms with Crippen LogP contribution >= 0.6 is 0 Å². The Kier molecular flexibility index (Phi) is 3.92. The van der Waals surface area contributed by atoms with Crippen LogP contribution in [0.4, 0.5) is 0 Å². The summed E-state index contributed by atoms with van der Waals surface area (Å²) in [6.45, 7) is 6.65. The molecule has 0 aliphatic heterocycles. The Balaban J connectivity index is 2.28. The number of aromatic nitrogens is 3. The summed E-state index contributed by atoms with van der Waals surface area (Å²) in [4.78, 5) is 43.4.